The minimum absolute atomic E-state index is 0.160. The van der Waals surface area contributed by atoms with E-state index in [0.29, 0.717) is 35.0 Å². The molecule has 3 aromatic rings. The monoisotopic (exact) mass is 490 g/mol. The molecular formula is C28H30N2O6. The Balaban J connectivity index is 1.53. The minimum Gasteiger partial charge on any atom is -0.494 e. The molecule has 0 aliphatic rings. The Labute approximate surface area is 210 Å². The fourth-order valence-electron chi connectivity index (χ4n) is 3.10. The van der Waals surface area contributed by atoms with Crippen LogP contribution in [0.2, 0.25) is 0 Å². The lowest BCUT2D eigenvalue weighted by Gasteiger charge is -2.10. The van der Waals surface area contributed by atoms with E-state index in [1.807, 2.05) is 31.2 Å². The lowest BCUT2D eigenvalue weighted by molar-refractivity contribution is -0.123. The number of amides is 1. The average molecular weight is 491 g/mol. The normalized spacial score (nSPS) is 10.6. The molecule has 0 unspecified atom stereocenters. The number of methoxy groups -OCH3 is 1. The lowest BCUT2D eigenvalue weighted by Crippen LogP contribution is -2.24. The molecular weight excluding hydrogens is 460 g/mol. The van der Waals surface area contributed by atoms with Gasteiger partial charge in [0.1, 0.15) is 11.5 Å². The third kappa shape index (κ3) is 7.87. The van der Waals surface area contributed by atoms with Gasteiger partial charge >= 0.3 is 5.97 Å². The number of carbonyl (C=O) groups is 2. The van der Waals surface area contributed by atoms with Crippen molar-refractivity contribution in [3.8, 4) is 23.0 Å². The van der Waals surface area contributed by atoms with Gasteiger partial charge in [-0.3, -0.25) is 4.79 Å². The number of esters is 1. The number of aryl methyl sites for hydroxylation is 1. The van der Waals surface area contributed by atoms with Crippen LogP contribution in [-0.2, 0) is 11.2 Å². The zero-order chi connectivity index (χ0) is 25.8. The molecule has 1 N–H and O–H groups in total. The van der Waals surface area contributed by atoms with Crippen LogP contribution in [0, 0.1) is 0 Å². The second-order valence-electron chi connectivity index (χ2n) is 7.75. The van der Waals surface area contributed by atoms with Crippen LogP contribution < -0.4 is 24.4 Å². The highest BCUT2D eigenvalue weighted by Gasteiger charge is 2.13. The van der Waals surface area contributed by atoms with Crippen molar-refractivity contribution in [3.63, 3.8) is 0 Å². The summed E-state index contributed by atoms with van der Waals surface area (Å²) in [6.45, 7) is 4.55. The van der Waals surface area contributed by atoms with Crippen molar-refractivity contribution in [1.82, 2.24) is 5.43 Å². The van der Waals surface area contributed by atoms with Gasteiger partial charge in [0, 0.05) is 0 Å². The molecule has 0 aliphatic heterocycles. The van der Waals surface area contributed by atoms with E-state index in [4.69, 9.17) is 18.9 Å². The number of rotatable bonds is 12. The first-order valence-corrected chi connectivity index (χ1v) is 11.7. The average Bonchev–Trinajstić information content (AvgIpc) is 2.92. The van der Waals surface area contributed by atoms with Crippen molar-refractivity contribution in [3.05, 3.63) is 83.4 Å². The van der Waals surface area contributed by atoms with E-state index in [9.17, 15) is 9.59 Å². The summed E-state index contributed by atoms with van der Waals surface area (Å²) in [6.07, 6.45) is 3.29. The van der Waals surface area contributed by atoms with Crippen LogP contribution in [0.4, 0.5) is 0 Å². The summed E-state index contributed by atoms with van der Waals surface area (Å²) in [5.41, 5.74) is 4.64. The van der Waals surface area contributed by atoms with Crippen molar-refractivity contribution in [2.45, 2.75) is 26.7 Å². The van der Waals surface area contributed by atoms with Crippen LogP contribution in [0.15, 0.2) is 71.8 Å². The Morgan fingerprint density at radius 2 is 1.58 bits per heavy atom. The molecule has 0 saturated carbocycles. The van der Waals surface area contributed by atoms with Crippen LogP contribution in [0.1, 0.15) is 41.8 Å². The van der Waals surface area contributed by atoms with Gasteiger partial charge < -0.3 is 18.9 Å². The SMILES string of the molecule is CCCOc1ccc(C(=O)Oc2ccc(C=NNC(=O)COc3ccc(CC)cc3)cc2OC)cc1. The fourth-order valence-corrected chi connectivity index (χ4v) is 3.10. The number of hydrogen-bond acceptors (Lipinski definition) is 7. The van der Waals surface area contributed by atoms with E-state index < -0.39 is 11.9 Å². The smallest absolute Gasteiger partial charge is 0.343 e. The van der Waals surface area contributed by atoms with Crippen LogP contribution >= 0.6 is 0 Å². The number of carbonyl (C=O) groups excluding carboxylic acids is 2. The standard InChI is InChI=1S/C28H30N2O6/c1-4-16-34-23-13-9-22(10-14-23)28(32)36-25-15-8-21(17-26(25)33-3)18-29-30-27(31)19-35-24-11-6-20(5-2)7-12-24/h6-15,17-18H,4-5,16,19H2,1-3H3,(H,30,31). The summed E-state index contributed by atoms with van der Waals surface area (Å²) < 4.78 is 21.8. The lowest BCUT2D eigenvalue weighted by atomic mass is 10.2. The van der Waals surface area contributed by atoms with Crippen molar-refractivity contribution in [2.75, 3.05) is 20.3 Å². The van der Waals surface area contributed by atoms with Crippen molar-refractivity contribution < 1.29 is 28.5 Å². The maximum atomic E-state index is 12.5. The predicted octanol–water partition coefficient (Wildman–Crippen LogP) is 4.79. The van der Waals surface area contributed by atoms with Crippen molar-refractivity contribution >= 4 is 18.1 Å². The summed E-state index contributed by atoms with van der Waals surface area (Å²) >= 11 is 0. The molecule has 3 rings (SSSR count). The van der Waals surface area contributed by atoms with Gasteiger partial charge in [-0.25, -0.2) is 10.2 Å². The summed E-state index contributed by atoms with van der Waals surface area (Å²) in [5, 5.41) is 3.94. The fraction of sp³-hybridized carbons (Fsp3) is 0.250. The number of benzene rings is 3. The summed E-state index contributed by atoms with van der Waals surface area (Å²) in [7, 11) is 1.47. The molecule has 0 fully saturated rings. The molecule has 8 nitrogen and oxygen atoms in total. The topological polar surface area (TPSA) is 95.5 Å². The summed E-state index contributed by atoms with van der Waals surface area (Å²) in [6, 6.07) is 19.2. The highest BCUT2D eigenvalue weighted by atomic mass is 16.6. The molecule has 8 heteroatoms. The third-order valence-electron chi connectivity index (χ3n) is 5.06. The van der Waals surface area contributed by atoms with E-state index in [0.717, 1.165) is 12.8 Å². The largest absolute Gasteiger partial charge is 0.494 e. The second-order valence-corrected chi connectivity index (χ2v) is 7.75. The molecule has 0 aromatic heterocycles. The van der Waals surface area contributed by atoms with Gasteiger partial charge in [-0.05, 0) is 78.6 Å². The maximum Gasteiger partial charge on any atom is 0.343 e. The van der Waals surface area contributed by atoms with Gasteiger partial charge in [-0.15, -0.1) is 0 Å². The van der Waals surface area contributed by atoms with Crippen LogP contribution in [0.3, 0.4) is 0 Å². The molecule has 0 radical (unpaired) electrons. The zero-order valence-electron chi connectivity index (χ0n) is 20.7. The van der Waals surface area contributed by atoms with E-state index in [1.165, 1.54) is 18.9 Å². The first-order chi connectivity index (χ1) is 17.5. The Morgan fingerprint density at radius 3 is 2.25 bits per heavy atom. The van der Waals surface area contributed by atoms with Crippen LogP contribution in [0.25, 0.3) is 0 Å². The molecule has 0 saturated heterocycles. The Bertz CT molecular complexity index is 1170. The zero-order valence-corrected chi connectivity index (χ0v) is 20.7. The molecule has 0 bridgehead atoms. The van der Waals surface area contributed by atoms with Crippen LogP contribution in [0.5, 0.6) is 23.0 Å². The van der Waals surface area contributed by atoms with Gasteiger partial charge in [-0.2, -0.15) is 5.10 Å². The number of hydrazone groups is 1. The third-order valence-corrected chi connectivity index (χ3v) is 5.06. The highest BCUT2D eigenvalue weighted by molar-refractivity contribution is 5.92. The highest BCUT2D eigenvalue weighted by Crippen LogP contribution is 2.28. The minimum atomic E-state index is -0.520. The first-order valence-electron chi connectivity index (χ1n) is 11.7. The Kier molecular flexibility index (Phi) is 9.88. The number of nitrogens with one attached hydrogen (secondary N) is 1. The Hall–Kier alpha value is -4.33. The van der Waals surface area contributed by atoms with E-state index in [-0.39, 0.29) is 12.4 Å². The molecule has 0 spiro atoms. The van der Waals surface area contributed by atoms with Gasteiger partial charge in [-0.1, -0.05) is 26.0 Å². The van der Waals surface area contributed by atoms with E-state index in [2.05, 4.69) is 17.5 Å². The second kappa shape index (κ2) is 13.5. The van der Waals surface area contributed by atoms with Crippen LogP contribution in [-0.4, -0.2) is 38.4 Å². The molecule has 0 heterocycles. The number of ether oxygens (including phenoxy) is 4. The van der Waals surface area contributed by atoms with E-state index in [1.54, 1.807) is 42.5 Å². The maximum absolute atomic E-state index is 12.5. The van der Waals surface area contributed by atoms with Gasteiger partial charge in [0.2, 0.25) is 0 Å². The van der Waals surface area contributed by atoms with Gasteiger partial charge in [0.05, 0.1) is 25.5 Å². The predicted molar refractivity (Wildman–Crippen MR) is 137 cm³/mol. The molecule has 0 aliphatic carbocycles. The van der Waals surface area contributed by atoms with Gasteiger partial charge in [0.15, 0.2) is 18.1 Å². The molecule has 3 aromatic carbocycles. The Morgan fingerprint density at radius 1 is 0.889 bits per heavy atom. The summed E-state index contributed by atoms with van der Waals surface area (Å²) in [4.78, 5) is 24.5. The quantitative estimate of drug-likeness (QED) is 0.170. The molecule has 188 valence electrons. The first kappa shape index (κ1) is 26.3. The van der Waals surface area contributed by atoms with E-state index >= 15 is 0 Å². The van der Waals surface area contributed by atoms with Crippen molar-refractivity contribution in [2.24, 2.45) is 5.10 Å². The summed E-state index contributed by atoms with van der Waals surface area (Å²) in [5.74, 6) is 1.00. The number of nitrogens with zero attached hydrogens (tertiary/aromatic N) is 1. The molecule has 1 amide bonds. The van der Waals surface area contributed by atoms with Crippen molar-refractivity contribution in [1.29, 1.82) is 0 Å². The molecule has 36 heavy (non-hydrogen) atoms. The molecule has 0 atom stereocenters. The van der Waals surface area contributed by atoms with Gasteiger partial charge in [0.25, 0.3) is 5.91 Å². The number of hydrogen-bond donors (Lipinski definition) is 1.